The van der Waals surface area contributed by atoms with Gasteiger partial charge in [-0.05, 0) is 38.0 Å². The highest BCUT2D eigenvalue weighted by atomic mass is 19.4. The van der Waals surface area contributed by atoms with E-state index in [1.165, 1.54) is 4.90 Å². The number of carbonyl (C=O) groups excluding carboxylic acids is 1. The van der Waals surface area contributed by atoms with Crippen LogP contribution in [0.2, 0.25) is 0 Å². The van der Waals surface area contributed by atoms with Gasteiger partial charge in [0.05, 0.1) is 5.56 Å². The van der Waals surface area contributed by atoms with Crippen molar-refractivity contribution < 1.29 is 22.4 Å². The molecule has 1 saturated heterocycles. The van der Waals surface area contributed by atoms with Gasteiger partial charge >= 0.3 is 6.18 Å². The molecular formula is C14H16F4N2O. The van der Waals surface area contributed by atoms with Gasteiger partial charge in [-0.2, -0.15) is 13.2 Å². The Hall–Kier alpha value is -1.63. The number of rotatable bonds is 1. The van der Waals surface area contributed by atoms with Crippen molar-refractivity contribution >= 4 is 5.91 Å². The molecule has 1 amide bonds. The third-order valence-corrected chi connectivity index (χ3v) is 3.65. The molecule has 1 aliphatic heterocycles. The molecule has 2 N–H and O–H groups in total. The van der Waals surface area contributed by atoms with E-state index in [0.29, 0.717) is 31.5 Å². The summed E-state index contributed by atoms with van der Waals surface area (Å²) in [5.74, 6) is -1.67. The summed E-state index contributed by atoms with van der Waals surface area (Å²) in [6.45, 7) is 2.14. The van der Waals surface area contributed by atoms with Crippen molar-refractivity contribution in [2.75, 3.05) is 6.54 Å². The van der Waals surface area contributed by atoms with Crippen LogP contribution in [0.25, 0.3) is 0 Å². The SMILES string of the molecule is C[C@H]1C[C@H](N)CCN1C(=O)c1cc(F)cc(C(F)(F)F)c1. The molecule has 0 unspecified atom stereocenters. The number of carbonyl (C=O) groups is 1. The molecule has 21 heavy (non-hydrogen) atoms. The minimum absolute atomic E-state index is 0.0257. The Balaban J connectivity index is 2.29. The third-order valence-electron chi connectivity index (χ3n) is 3.65. The van der Waals surface area contributed by atoms with E-state index in [9.17, 15) is 22.4 Å². The van der Waals surface area contributed by atoms with E-state index < -0.39 is 23.5 Å². The Morgan fingerprint density at radius 1 is 1.33 bits per heavy atom. The van der Waals surface area contributed by atoms with Crippen molar-refractivity contribution in [2.24, 2.45) is 5.73 Å². The fraction of sp³-hybridized carbons (Fsp3) is 0.500. The van der Waals surface area contributed by atoms with Gasteiger partial charge in [-0.15, -0.1) is 0 Å². The maximum absolute atomic E-state index is 13.4. The molecule has 1 aromatic carbocycles. The topological polar surface area (TPSA) is 46.3 Å². The second-order valence-electron chi connectivity index (χ2n) is 5.36. The summed E-state index contributed by atoms with van der Waals surface area (Å²) in [5.41, 5.74) is 4.34. The maximum atomic E-state index is 13.4. The van der Waals surface area contributed by atoms with Crippen LogP contribution in [0.4, 0.5) is 17.6 Å². The second-order valence-corrected chi connectivity index (χ2v) is 5.36. The van der Waals surface area contributed by atoms with Crippen LogP contribution in [0.15, 0.2) is 18.2 Å². The molecule has 0 bridgehead atoms. The lowest BCUT2D eigenvalue weighted by molar-refractivity contribution is -0.137. The first-order valence-corrected chi connectivity index (χ1v) is 6.63. The molecular weight excluding hydrogens is 288 g/mol. The quantitative estimate of drug-likeness (QED) is 0.811. The Labute approximate surface area is 119 Å². The molecule has 1 aromatic rings. The zero-order chi connectivity index (χ0) is 15.8. The van der Waals surface area contributed by atoms with Gasteiger partial charge in [0.2, 0.25) is 0 Å². The molecule has 116 valence electrons. The van der Waals surface area contributed by atoms with Crippen molar-refractivity contribution in [3.05, 3.63) is 35.1 Å². The number of piperidine rings is 1. The maximum Gasteiger partial charge on any atom is 0.416 e. The summed E-state index contributed by atoms with van der Waals surface area (Å²) < 4.78 is 51.4. The molecule has 7 heteroatoms. The van der Waals surface area contributed by atoms with E-state index in [1.807, 2.05) is 0 Å². The van der Waals surface area contributed by atoms with E-state index in [2.05, 4.69) is 0 Å². The molecule has 0 aliphatic carbocycles. The van der Waals surface area contributed by atoms with Crippen LogP contribution in [0.1, 0.15) is 35.7 Å². The van der Waals surface area contributed by atoms with Crippen molar-refractivity contribution in [1.82, 2.24) is 4.90 Å². The number of benzene rings is 1. The molecule has 0 saturated carbocycles. The minimum Gasteiger partial charge on any atom is -0.336 e. The smallest absolute Gasteiger partial charge is 0.336 e. The molecule has 1 aliphatic rings. The van der Waals surface area contributed by atoms with Crippen LogP contribution in [0, 0.1) is 5.82 Å². The molecule has 0 spiro atoms. The summed E-state index contributed by atoms with van der Waals surface area (Å²) in [6.07, 6.45) is -3.53. The summed E-state index contributed by atoms with van der Waals surface area (Å²) in [6, 6.07) is 1.69. The van der Waals surface area contributed by atoms with Crippen LogP contribution in [-0.2, 0) is 6.18 Å². The van der Waals surface area contributed by atoms with Crippen molar-refractivity contribution in [2.45, 2.75) is 38.0 Å². The Morgan fingerprint density at radius 2 is 2.00 bits per heavy atom. The van der Waals surface area contributed by atoms with Crippen LogP contribution < -0.4 is 5.73 Å². The lowest BCUT2D eigenvalue weighted by Gasteiger charge is -2.36. The number of hydrogen-bond acceptors (Lipinski definition) is 2. The lowest BCUT2D eigenvalue weighted by atomic mass is 9.98. The van der Waals surface area contributed by atoms with E-state index in [4.69, 9.17) is 5.73 Å². The molecule has 2 rings (SSSR count). The number of halogens is 4. The molecule has 2 atom stereocenters. The molecule has 0 radical (unpaired) electrons. The van der Waals surface area contributed by atoms with Crippen LogP contribution in [0.3, 0.4) is 0 Å². The number of nitrogens with zero attached hydrogens (tertiary/aromatic N) is 1. The van der Waals surface area contributed by atoms with Gasteiger partial charge in [0, 0.05) is 24.2 Å². The lowest BCUT2D eigenvalue weighted by Crippen LogP contribution is -2.48. The van der Waals surface area contributed by atoms with E-state index in [1.54, 1.807) is 6.92 Å². The first-order valence-electron chi connectivity index (χ1n) is 6.63. The average molecular weight is 304 g/mol. The van der Waals surface area contributed by atoms with Crippen molar-refractivity contribution in [3.63, 3.8) is 0 Å². The van der Waals surface area contributed by atoms with Crippen LogP contribution in [0.5, 0.6) is 0 Å². The molecule has 0 aromatic heterocycles. The number of hydrogen-bond donors (Lipinski definition) is 1. The number of nitrogens with two attached hydrogens (primary N) is 1. The summed E-state index contributed by atoms with van der Waals surface area (Å²) in [7, 11) is 0. The highest BCUT2D eigenvalue weighted by molar-refractivity contribution is 5.94. The summed E-state index contributed by atoms with van der Waals surface area (Å²) in [4.78, 5) is 13.7. The van der Waals surface area contributed by atoms with Crippen LogP contribution in [-0.4, -0.2) is 29.4 Å². The first kappa shape index (κ1) is 15.8. The molecule has 1 fully saturated rings. The van der Waals surface area contributed by atoms with Crippen molar-refractivity contribution in [1.29, 1.82) is 0 Å². The predicted octanol–water partition coefficient (Wildman–Crippen LogP) is 2.80. The standard InChI is InChI=1S/C14H16F4N2O/c1-8-4-12(19)2-3-20(8)13(21)9-5-10(14(16,17)18)7-11(15)6-9/h5-8,12H,2-4,19H2,1H3/t8-,12+/m0/s1. The third kappa shape index (κ3) is 3.53. The fourth-order valence-corrected chi connectivity index (χ4v) is 2.55. The minimum atomic E-state index is -4.69. The van der Waals surface area contributed by atoms with Gasteiger partial charge in [0.1, 0.15) is 5.82 Å². The highest BCUT2D eigenvalue weighted by Gasteiger charge is 2.33. The fourth-order valence-electron chi connectivity index (χ4n) is 2.55. The zero-order valence-corrected chi connectivity index (χ0v) is 11.5. The number of amides is 1. The second kappa shape index (κ2) is 5.63. The van der Waals surface area contributed by atoms with Gasteiger partial charge in [-0.1, -0.05) is 0 Å². The van der Waals surface area contributed by atoms with Crippen molar-refractivity contribution in [3.8, 4) is 0 Å². The van der Waals surface area contributed by atoms with Gasteiger partial charge in [0.25, 0.3) is 5.91 Å². The Bertz CT molecular complexity index is 544. The van der Waals surface area contributed by atoms with E-state index >= 15 is 0 Å². The number of alkyl halides is 3. The largest absolute Gasteiger partial charge is 0.416 e. The highest BCUT2D eigenvalue weighted by Crippen LogP contribution is 2.31. The predicted molar refractivity (Wildman–Crippen MR) is 69.1 cm³/mol. The summed E-state index contributed by atoms with van der Waals surface area (Å²) >= 11 is 0. The van der Waals surface area contributed by atoms with Gasteiger partial charge in [-0.3, -0.25) is 4.79 Å². The molecule has 1 heterocycles. The van der Waals surface area contributed by atoms with E-state index in [0.717, 1.165) is 6.07 Å². The first-order chi connectivity index (χ1) is 9.68. The number of likely N-dealkylation sites (tertiary alicyclic amines) is 1. The average Bonchev–Trinajstić information content (AvgIpc) is 2.36. The summed E-state index contributed by atoms with van der Waals surface area (Å²) in [5, 5.41) is 0. The van der Waals surface area contributed by atoms with E-state index in [-0.39, 0.29) is 17.6 Å². The van der Waals surface area contributed by atoms with Gasteiger partial charge in [0.15, 0.2) is 0 Å². The monoisotopic (exact) mass is 304 g/mol. The van der Waals surface area contributed by atoms with Gasteiger partial charge in [-0.25, -0.2) is 4.39 Å². The molecule has 3 nitrogen and oxygen atoms in total. The Morgan fingerprint density at radius 3 is 2.57 bits per heavy atom. The zero-order valence-electron chi connectivity index (χ0n) is 11.5. The van der Waals surface area contributed by atoms with Gasteiger partial charge < -0.3 is 10.6 Å². The Kier molecular flexibility index (Phi) is 4.22. The van der Waals surface area contributed by atoms with Crippen LogP contribution >= 0.6 is 0 Å². The normalized spacial score (nSPS) is 23.2.